The van der Waals surface area contributed by atoms with Gasteiger partial charge in [0.25, 0.3) is 0 Å². The monoisotopic (exact) mass is 208 g/mol. The van der Waals surface area contributed by atoms with Gasteiger partial charge in [0, 0.05) is 0 Å². The molecule has 6 heteroatoms. The second kappa shape index (κ2) is 4.10. The summed E-state index contributed by atoms with van der Waals surface area (Å²) >= 11 is 1.48. The van der Waals surface area contributed by atoms with E-state index in [2.05, 4.69) is 15.3 Å². The lowest BCUT2D eigenvalue weighted by Gasteiger charge is -1.93. The van der Waals surface area contributed by atoms with Crippen LogP contribution in [0.5, 0.6) is 0 Å². The molecule has 0 aromatic carbocycles. The maximum absolute atomic E-state index is 5.10. The van der Waals surface area contributed by atoms with Crippen LogP contribution in [0.15, 0.2) is 39.4 Å². The predicted octanol–water partition coefficient (Wildman–Crippen LogP) is 1.48. The molecule has 0 saturated carbocycles. The summed E-state index contributed by atoms with van der Waals surface area (Å²) in [6, 6.07) is 3.63. The van der Waals surface area contributed by atoms with Gasteiger partial charge in [-0.2, -0.15) is 9.78 Å². The van der Waals surface area contributed by atoms with Gasteiger partial charge in [-0.25, -0.2) is 0 Å². The Morgan fingerprint density at radius 2 is 2.57 bits per heavy atom. The van der Waals surface area contributed by atoms with Crippen molar-refractivity contribution in [1.29, 1.82) is 0 Å². The fraction of sp³-hybridized carbons (Fsp3) is 0.125. The largest absolute Gasteiger partial charge is 0.463 e. The number of aromatic nitrogens is 3. The molecule has 2 heterocycles. The fourth-order valence-electron chi connectivity index (χ4n) is 0.917. The van der Waals surface area contributed by atoms with Gasteiger partial charge in [0.2, 0.25) is 5.16 Å². The maximum Gasteiger partial charge on any atom is 0.211 e. The van der Waals surface area contributed by atoms with Crippen LogP contribution in [0.1, 0.15) is 5.76 Å². The third kappa shape index (κ3) is 1.85. The maximum atomic E-state index is 5.10. The number of rotatable bonds is 3. The zero-order valence-corrected chi connectivity index (χ0v) is 8.31. The highest BCUT2D eigenvalue weighted by molar-refractivity contribution is 7.98. The lowest BCUT2D eigenvalue weighted by atomic mass is 10.5. The molecule has 0 N–H and O–H groups in total. The van der Waals surface area contributed by atoms with Crippen molar-refractivity contribution in [2.24, 2.45) is 5.10 Å². The standard InChI is InChI=1S/C8H8N4OS/c1-14-8-11-9-6-12(8)10-5-7-3-2-4-13-7/h2-6H,1H3/b10-5-. The van der Waals surface area contributed by atoms with Crippen molar-refractivity contribution in [3.05, 3.63) is 30.5 Å². The first-order valence-corrected chi connectivity index (χ1v) is 5.14. The van der Waals surface area contributed by atoms with Gasteiger partial charge in [-0.05, 0) is 18.4 Å². The van der Waals surface area contributed by atoms with E-state index in [0.29, 0.717) is 5.76 Å². The SMILES string of the molecule is CSc1nncn1/N=C\c1ccco1. The highest BCUT2D eigenvalue weighted by atomic mass is 32.2. The molecule has 5 nitrogen and oxygen atoms in total. The predicted molar refractivity (Wildman–Crippen MR) is 53.5 cm³/mol. The number of thioether (sulfide) groups is 1. The molecule has 0 saturated heterocycles. The van der Waals surface area contributed by atoms with E-state index in [1.165, 1.54) is 11.8 Å². The van der Waals surface area contributed by atoms with Crippen molar-refractivity contribution < 1.29 is 4.42 Å². The average Bonchev–Trinajstić information content (AvgIpc) is 2.85. The summed E-state index contributed by atoms with van der Waals surface area (Å²) < 4.78 is 6.69. The zero-order chi connectivity index (χ0) is 9.80. The lowest BCUT2D eigenvalue weighted by Crippen LogP contribution is -1.90. The van der Waals surface area contributed by atoms with E-state index in [9.17, 15) is 0 Å². The number of furan rings is 1. The van der Waals surface area contributed by atoms with Crippen LogP contribution in [0.4, 0.5) is 0 Å². The first kappa shape index (κ1) is 9.01. The molecule has 2 rings (SSSR count). The molecule has 0 bridgehead atoms. The van der Waals surface area contributed by atoms with Gasteiger partial charge in [0.1, 0.15) is 12.1 Å². The van der Waals surface area contributed by atoms with Gasteiger partial charge in [0.15, 0.2) is 0 Å². The number of hydrogen-bond donors (Lipinski definition) is 0. The molecule has 0 aliphatic heterocycles. The second-order valence-corrected chi connectivity index (χ2v) is 3.20. The molecule has 0 radical (unpaired) electrons. The Bertz CT molecular complexity index is 420. The molecule has 0 atom stereocenters. The average molecular weight is 208 g/mol. The minimum absolute atomic E-state index is 0.700. The van der Waals surface area contributed by atoms with Crippen LogP contribution in [0, 0.1) is 0 Å². The molecule has 0 unspecified atom stereocenters. The van der Waals surface area contributed by atoms with E-state index in [4.69, 9.17) is 4.42 Å². The Morgan fingerprint density at radius 1 is 1.64 bits per heavy atom. The summed E-state index contributed by atoms with van der Waals surface area (Å²) in [4.78, 5) is 0. The van der Waals surface area contributed by atoms with E-state index >= 15 is 0 Å². The molecule has 0 fully saturated rings. The zero-order valence-electron chi connectivity index (χ0n) is 7.49. The number of nitrogens with zero attached hydrogens (tertiary/aromatic N) is 4. The molecule has 72 valence electrons. The molecular weight excluding hydrogens is 200 g/mol. The quantitative estimate of drug-likeness (QED) is 0.566. The normalized spacial score (nSPS) is 11.2. The highest BCUT2D eigenvalue weighted by Gasteiger charge is 1.99. The molecule has 14 heavy (non-hydrogen) atoms. The second-order valence-electron chi connectivity index (χ2n) is 2.42. The smallest absolute Gasteiger partial charge is 0.211 e. The van der Waals surface area contributed by atoms with Gasteiger partial charge >= 0.3 is 0 Å². The molecule has 0 aliphatic rings. The van der Waals surface area contributed by atoms with Crippen LogP contribution in [0.25, 0.3) is 0 Å². The van der Waals surface area contributed by atoms with Gasteiger partial charge in [-0.1, -0.05) is 11.8 Å². The van der Waals surface area contributed by atoms with Crippen molar-refractivity contribution in [1.82, 2.24) is 14.9 Å². The third-order valence-corrected chi connectivity index (χ3v) is 2.17. The summed E-state index contributed by atoms with van der Waals surface area (Å²) in [6.07, 6.45) is 6.68. The first-order chi connectivity index (χ1) is 6.90. The van der Waals surface area contributed by atoms with Gasteiger partial charge < -0.3 is 4.42 Å². The summed E-state index contributed by atoms with van der Waals surface area (Å²) in [5.74, 6) is 0.700. The van der Waals surface area contributed by atoms with Crippen molar-refractivity contribution in [2.75, 3.05) is 6.26 Å². The minimum atomic E-state index is 0.700. The third-order valence-electron chi connectivity index (χ3n) is 1.54. The van der Waals surface area contributed by atoms with Crippen LogP contribution in [-0.4, -0.2) is 27.3 Å². The summed E-state index contributed by atoms with van der Waals surface area (Å²) in [5, 5.41) is 12.5. The van der Waals surface area contributed by atoms with Crippen LogP contribution < -0.4 is 0 Å². The molecule has 0 amide bonds. The Labute approximate surface area is 84.8 Å². The van der Waals surface area contributed by atoms with Gasteiger partial charge in [-0.3, -0.25) is 0 Å². The fourth-order valence-corrected chi connectivity index (χ4v) is 1.33. The number of hydrogen-bond acceptors (Lipinski definition) is 5. The molecular formula is C8H8N4OS. The van der Waals surface area contributed by atoms with Crippen molar-refractivity contribution in [3.8, 4) is 0 Å². The summed E-state index contributed by atoms with van der Waals surface area (Å²) in [5.41, 5.74) is 0. The van der Waals surface area contributed by atoms with E-state index in [0.717, 1.165) is 5.16 Å². The van der Waals surface area contributed by atoms with Crippen LogP contribution in [0.2, 0.25) is 0 Å². The summed E-state index contributed by atoms with van der Waals surface area (Å²) in [7, 11) is 0. The van der Waals surface area contributed by atoms with E-state index in [-0.39, 0.29) is 0 Å². The van der Waals surface area contributed by atoms with E-state index < -0.39 is 0 Å². The highest BCUT2D eigenvalue weighted by Crippen LogP contribution is 2.09. The van der Waals surface area contributed by atoms with E-state index in [1.807, 2.05) is 18.4 Å². The summed E-state index contributed by atoms with van der Waals surface area (Å²) in [6.45, 7) is 0. The first-order valence-electron chi connectivity index (χ1n) is 3.92. The minimum Gasteiger partial charge on any atom is -0.463 e. The Morgan fingerprint density at radius 3 is 3.29 bits per heavy atom. The van der Waals surface area contributed by atoms with Gasteiger partial charge in [-0.15, -0.1) is 10.2 Å². The van der Waals surface area contributed by atoms with Crippen LogP contribution in [-0.2, 0) is 0 Å². The molecule has 0 aliphatic carbocycles. The van der Waals surface area contributed by atoms with Crippen molar-refractivity contribution in [2.45, 2.75) is 5.16 Å². The Balaban J connectivity index is 2.18. The Kier molecular flexibility index (Phi) is 2.64. The lowest BCUT2D eigenvalue weighted by molar-refractivity contribution is 0.559. The molecule has 2 aromatic heterocycles. The van der Waals surface area contributed by atoms with Gasteiger partial charge in [0.05, 0.1) is 12.5 Å². The topological polar surface area (TPSA) is 56.2 Å². The van der Waals surface area contributed by atoms with Crippen molar-refractivity contribution >= 4 is 18.0 Å². The van der Waals surface area contributed by atoms with E-state index in [1.54, 1.807) is 23.5 Å². The van der Waals surface area contributed by atoms with Crippen molar-refractivity contribution in [3.63, 3.8) is 0 Å². The molecule has 0 spiro atoms. The Hall–Kier alpha value is -1.56. The molecule has 2 aromatic rings. The van der Waals surface area contributed by atoms with Crippen LogP contribution in [0.3, 0.4) is 0 Å². The van der Waals surface area contributed by atoms with Crippen LogP contribution >= 0.6 is 11.8 Å².